The summed E-state index contributed by atoms with van der Waals surface area (Å²) >= 11 is 0. The summed E-state index contributed by atoms with van der Waals surface area (Å²) in [5.41, 5.74) is 0.808. The first kappa shape index (κ1) is 20.7. The molecule has 0 aliphatic carbocycles. The van der Waals surface area contributed by atoms with Crippen LogP contribution in [0.4, 0.5) is 0 Å². The summed E-state index contributed by atoms with van der Waals surface area (Å²) < 4.78 is 12.2. The van der Waals surface area contributed by atoms with E-state index in [1.165, 1.54) is 6.42 Å². The summed E-state index contributed by atoms with van der Waals surface area (Å²) in [4.78, 5) is 18.3. The van der Waals surface area contributed by atoms with Gasteiger partial charge < -0.3 is 19.3 Å². The van der Waals surface area contributed by atoms with Gasteiger partial charge in [-0.3, -0.25) is 4.79 Å². The van der Waals surface area contributed by atoms with E-state index in [1.807, 2.05) is 12.1 Å². The minimum Gasteiger partial charge on any atom is -0.485 e. The van der Waals surface area contributed by atoms with Gasteiger partial charge in [0.05, 0.1) is 25.7 Å². The molecule has 1 aromatic carbocycles. The number of para-hydroxylation sites is 1. The average molecular weight is 401 g/mol. The van der Waals surface area contributed by atoms with Crippen molar-refractivity contribution >= 4 is 5.91 Å². The maximum atomic E-state index is 13.7. The van der Waals surface area contributed by atoms with E-state index in [0.717, 1.165) is 56.6 Å². The lowest BCUT2D eigenvalue weighted by atomic mass is 9.91. The fraction of sp³-hybridized carbons (Fsp3) is 0.708. The number of carbonyl (C=O) groups is 1. The van der Waals surface area contributed by atoms with Crippen LogP contribution >= 0.6 is 0 Å². The van der Waals surface area contributed by atoms with E-state index in [4.69, 9.17) is 9.47 Å². The molecule has 29 heavy (non-hydrogen) atoms. The second kappa shape index (κ2) is 9.05. The van der Waals surface area contributed by atoms with Gasteiger partial charge in [0, 0.05) is 38.0 Å². The van der Waals surface area contributed by atoms with E-state index in [9.17, 15) is 4.79 Å². The SMILES string of the molecule is CC[C@H](C)CN1CCC[C@@H](C(=O)N2Cc3ccccc3OC3(CCOCC3)C2)C1. The second-order valence-electron chi connectivity index (χ2n) is 9.31. The van der Waals surface area contributed by atoms with E-state index < -0.39 is 0 Å². The van der Waals surface area contributed by atoms with E-state index in [0.29, 0.717) is 38.1 Å². The van der Waals surface area contributed by atoms with Gasteiger partial charge in [0.2, 0.25) is 5.91 Å². The molecule has 0 radical (unpaired) electrons. The summed E-state index contributed by atoms with van der Waals surface area (Å²) in [7, 11) is 0. The number of ether oxygens (including phenoxy) is 2. The lowest BCUT2D eigenvalue weighted by molar-refractivity contribution is -0.142. The van der Waals surface area contributed by atoms with Crippen LogP contribution in [0.1, 0.15) is 51.5 Å². The number of likely N-dealkylation sites (tertiary alicyclic amines) is 1. The Bertz CT molecular complexity index is 701. The third-order valence-electron chi connectivity index (χ3n) is 6.98. The molecule has 1 aromatic rings. The van der Waals surface area contributed by atoms with E-state index in [-0.39, 0.29) is 11.5 Å². The van der Waals surface area contributed by atoms with Crippen LogP contribution in [0.5, 0.6) is 5.75 Å². The van der Waals surface area contributed by atoms with Crippen molar-refractivity contribution < 1.29 is 14.3 Å². The van der Waals surface area contributed by atoms with Gasteiger partial charge in [-0.25, -0.2) is 0 Å². The van der Waals surface area contributed by atoms with Crippen molar-refractivity contribution in [1.29, 1.82) is 0 Å². The first-order valence-corrected chi connectivity index (χ1v) is 11.4. The third kappa shape index (κ3) is 4.77. The van der Waals surface area contributed by atoms with Crippen LogP contribution in [-0.2, 0) is 16.1 Å². The third-order valence-corrected chi connectivity index (χ3v) is 6.98. The van der Waals surface area contributed by atoms with Gasteiger partial charge in [0.25, 0.3) is 0 Å². The predicted molar refractivity (Wildman–Crippen MR) is 114 cm³/mol. The number of piperidine rings is 1. The van der Waals surface area contributed by atoms with Crippen LogP contribution in [0, 0.1) is 11.8 Å². The monoisotopic (exact) mass is 400 g/mol. The minimum absolute atomic E-state index is 0.106. The zero-order chi connectivity index (χ0) is 20.3. The highest BCUT2D eigenvalue weighted by molar-refractivity contribution is 5.79. The van der Waals surface area contributed by atoms with Crippen molar-refractivity contribution in [3.05, 3.63) is 29.8 Å². The number of fused-ring (bicyclic) bond motifs is 1. The molecule has 160 valence electrons. The molecule has 4 rings (SSSR count). The Kier molecular flexibility index (Phi) is 6.45. The van der Waals surface area contributed by atoms with Gasteiger partial charge in [-0.2, -0.15) is 0 Å². The Morgan fingerprint density at radius 2 is 2.07 bits per heavy atom. The van der Waals surface area contributed by atoms with Crippen LogP contribution in [0.25, 0.3) is 0 Å². The summed E-state index contributed by atoms with van der Waals surface area (Å²) in [6.07, 6.45) is 5.00. The molecule has 5 nitrogen and oxygen atoms in total. The molecule has 2 fully saturated rings. The molecule has 1 spiro atoms. The Morgan fingerprint density at radius 1 is 1.28 bits per heavy atom. The van der Waals surface area contributed by atoms with Crippen molar-refractivity contribution in [2.45, 2.75) is 58.1 Å². The van der Waals surface area contributed by atoms with Gasteiger partial charge in [0.15, 0.2) is 0 Å². The van der Waals surface area contributed by atoms with Gasteiger partial charge in [0.1, 0.15) is 11.4 Å². The Hall–Kier alpha value is -1.59. The highest BCUT2D eigenvalue weighted by Gasteiger charge is 2.42. The lowest BCUT2D eigenvalue weighted by Crippen LogP contribution is -2.53. The van der Waals surface area contributed by atoms with Crippen molar-refractivity contribution in [3.8, 4) is 5.75 Å². The molecular weight excluding hydrogens is 364 g/mol. The van der Waals surface area contributed by atoms with Crippen molar-refractivity contribution in [2.24, 2.45) is 11.8 Å². The second-order valence-corrected chi connectivity index (χ2v) is 9.31. The largest absolute Gasteiger partial charge is 0.485 e. The molecule has 0 unspecified atom stereocenters. The fourth-order valence-corrected chi connectivity index (χ4v) is 5.02. The average Bonchev–Trinajstić information content (AvgIpc) is 2.90. The molecular formula is C24H36N2O3. The number of nitrogens with zero attached hydrogens (tertiary/aromatic N) is 2. The van der Waals surface area contributed by atoms with Crippen molar-refractivity contribution in [1.82, 2.24) is 9.80 Å². The summed E-state index contributed by atoms with van der Waals surface area (Å²) in [6, 6.07) is 8.22. The summed E-state index contributed by atoms with van der Waals surface area (Å²) in [5.74, 6) is 2.04. The van der Waals surface area contributed by atoms with Gasteiger partial charge in [-0.1, -0.05) is 38.5 Å². The molecule has 3 heterocycles. The van der Waals surface area contributed by atoms with Crippen LogP contribution in [0.2, 0.25) is 0 Å². The first-order chi connectivity index (χ1) is 14.1. The number of hydrogen-bond donors (Lipinski definition) is 0. The molecule has 5 heteroatoms. The van der Waals surface area contributed by atoms with E-state index >= 15 is 0 Å². The maximum absolute atomic E-state index is 13.7. The molecule has 0 aromatic heterocycles. The Balaban J connectivity index is 1.52. The van der Waals surface area contributed by atoms with Crippen LogP contribution in [-0.4, -0.2) is 60.7 Å². The number of amides is 1. The predicted octanol–water partition coefficient (Wildman–Crippen LogP) is 3.71. The number of rotatable bonds is 4. The molecule has 0 saturated carbocycles. The molecule has 3 aliphatic rings. The van der Waals surface area contributed by atoms with Crippen LogP contribution in [0.3, 0.4) is 0 Å². The number of benzene rings is 1. The van der Waals surface area contributed by atoms with Crippen LogP contribution in [0.15, 0.2) is 24.3 Å². The maximum Gasteiger partial charge on any atom is 0.227 e. The van der Waals surface area contributed by atoms with E-state index in [1.54, 1.807) is 0 Å². The van der Waals surface area contributed by atoms with Crippen molar-refractivity contribution in [2.75, 3.05) is 39.4 Å². The highest BCUT2D eigenvalue weighted by Crippen LogP contribution is 2.36. The van der Waals surface area contributed by atoms with Gasteiger partial charge in [-0.15, -0.1) is 0 Å². The van der Waals surface area contributed by atoms with Gasteiger partial charge in [-0.05, 0) is 31.4 Å². The number of carbonyl (C=O) groups excluding carboxylic acids is 1. The standard InChI is InChI=1S/C24H36N2O3/c1-3-19(2)15-25-12-6-8-21(16-25)23(27)26-17-20-7-4-5-9-22(20)29-24(18-26)10-13-28-14-11-24/h4-5,7,9,19,21H,3,6,8,10-18H2,1-2H3/t19-,21+/m0/s1. The zero-order valence-corrected chi connectivity index (χ0v) is 18.1. The van der Waals surface area contributed by atoms with E-state index in [2.05, 4.69) is 35.8 Å². The highest BCUT2D eigenvalue weighted by atomic mass is 16.5. The molecule has 0 N–H and O–H groups in total. The molecule has 1 amide bonds. The summed E-state index contributed by atoms with van der Waals surface area (Å²) in [5, 5.41) is 0. The molecule has 2 saturated heterocycles. The minimum atomic E-state index is -0.314. The fourth-order valence-electron chi connectivity index (χ4n) is 5.02. The Morgan fingerprint density at radius 3 is 2.86 bits per heavy atom. The first-order valence-electron chi connectivity index (χ1n) is 11.4. The zero-order valence-electron chi connectivity index (χ0n) is 18.1. The van der Waals surface area contributed by atoms with Gasteiger partial charge >= 0.3 is 0 Å². The smallest absolute Gasteiger partial charge is 0.227 e. The Labute approximate surface area is 175 Å². The lowest BCUT2D eigenvalue weighted by Gasteiger charge is -2.40. The topological polar surface area (TPSA) is 42.0 Å². The number of hydrogen-bond acceptors (Lipinski definition) is 4. The quantitative estimate of drug-likeness (QED) is 0.773. The summed E-state index contributed by atoms with van der Waals surface area (Å²) in [6.45, 7) is 10.4. The molecule has 2 atom stereocenters. The molecule has 0 bridgehead atoms. The van der Waals surface area contributed by atoms with Crippen LogP contribution < -0.4 is 4.74 Å². The van der Waals surface area contributed by atoms with Crippen molar-refractivity contribution in [3.63, 3.8) is 0 Å². The molecule has 3 aliphatic heterocycles. The normalized spacial score (nSPS) is 25.7.